The molecule has 0 amide bonds. The van der Waals surface area contributed by atoms with Crippen LogP contribution in [0.2, 0.25) is 0 Å². The van der Waals surface area contributed by atoms with Gasteiger partial charge in [-0.1, -0.05) is 0 Å². The third-order valence-electron chi connectivity index (χ3n) is 5.64. The lowest BCUT2D eigenvalue weighted by Crippen LogP contribution is -2.41. The molecule has 3 rings (SSSR count). The van der Waals surface area contributed by atoms with Gasteiger partial charge in [-0.2, -0.15) is 0 Å². The number of fused-ring (bicyclic) bond motifs is 1. The van der Waals surface area contributed by atoms with Crippen LogP contribution in [0.5, 0.6) is 0 Å². The molecule has 1 unspecified atom stereocenters. The molecule has 0 aromatic heterocycles. The van der Waals surface area contributed by atoms with Crippen LogP contribution in [0.3, 0.4) is 0 Å². The van der Waals surface area contributed by atoms with Crippen LogP contribution in [-0.2, 0) is 10.0 Å². The molecule has 3 aliphatic rings. The monoisotopic (exact) mass is 365 g/mol. The molecular formula is C19H31N3O2S. The standard InChI is InChI=1S/C19H31N3O2S/c1-14(2)25(23,24)22-17-7-5-15(6-8-17)13-21-18-9-10-19-16(12-18)4-3-11-20-19/h9-11,14-17,21-22H,3-8,12-13H2,1-2H3/t15-,16?,17-. The summed E-state index contributed by atoms with van der Waals surface area (Å²) in [6.07, 6.45) is 13.8. The summed E-state index contributed by atoms with van der Waals surface area (Å²) in [7, 11) is -3.15. The molecule has 1 saturated carbocycles. The SMILES string of the molecule is CC(C)S(=O)(=O)N[C@H]1CC[C@H](CNC2=CC=C3N=CCCC3C2)CC1. The van der Waals surface area contributed by atoms with Crippen molar-refractivity contribution in [2.75, 3.05) is 6.54 Å². The van der Waals surface area contributed by atoms with Gasteiger partial charge in [0.25, 0.3) is 0 Å². The van der Waals surface area contributed by atoms with Gasteiger partial charge >= 0.3 is 0 Å². The Morgan fingerprint density at radius 2 is 1.92 bits per heavy atom. The molecule has 0 bridgehead atoms. The number of hydrogen-bond acceptors (Lipinski definition) is 4. The number of allylic oxidation sites excluding steroid dienone is 4. The quantitative estimate of drug-likeness (QED) is 0.760. The van der Waals surface area contributed by atoms with Crippen molar-refractivity contribution >= 4 is 16.2 Å². The van der Waals surface area contributed by atoms with Crippen molar-refractivity contribution in [3.05, 3.63) is 23.5 Å². The highest BCUT2D eigenvalue weighted by Crippen LogP contribution is 2.31. The lowest BCUT2D eigenvalue weighted by molar-refractivity contribution is 0.306. The van der Waals surface area contributed by atoms with Gasteiger partial charge in [0.1, 0.15) is 0 Å². The van der Waals surface area contributed by atoms with Crippen LogP contribution in [0.15, 0.2) is 28.5 Å². The Hall–Kier alpha value is -1.14. The van der Waals surface area contributed by atoms with E-state index in [4.69, 9.17) is 0 Å². The van der Waals surface area contributed by atoms with Gasteiger partial charge in [-0.3, -0.25) is 4.99 Å². The molecular weight excluding hydrogens is 334 g/mol. The second-order valence-electron chi connectivity index (χ2n) is 7.88. The maximum atomic E-state index is 12.0. The summed E-state index contributed by atoms with van der Waals surface area (Å²) in [5.74, 6) is 1.22. The second-order valence-corrected chi connectivity index (χ2v) is 10.2. The topological polar surface area (TPSA) is 70.6 Å². The second kappa shape index (κ2) is 8.04. The van der Waals surface area contributed by atoms with E-state index in [1.807, 2.05) is 6.21 Å². The van der Waals surface area contributed by atoms with E-state index in [-0.39, 0.29) is 11.3 Å². The highest BCUT2D eigenvalue weighted by molar-refractivity contribution is 7.90. The van der Waals surface area contributed by atoms with Gasteiger partial charge in [0.2, 0.25) is 10.0 Å². The minimum Gasteiger partial charge on any atom is -0.388 e. The molecule has 2 aliphatic carbocycles. The van der Waals surface area contributed by atoms with E-state index in [0.29, 0.717) is 11.8 Å². The summed E-state index contributed by atoms with van der Waals surface area (Å²) in [5, 5.41) is 3.28. The van der Waals surface area contributed by atoms with Gasteiger partial charge in [0, 0.05) is 36.1 Å². The highest BCUT2D eigenvalue weighted by Gasteiger charge is 2.27. The van der Waals surface area contributed by atoms with Gasteiger partial charge in [0.05, 0.1) is 5.25 Å². The van der Waals surface area contributed by atoms with Crippen molar-refractivity contribution in [3.63, 3.8) is 0 Å². The van der Waals surface area contributed by atoms with E-state index < -0.39 is 10.0 Å². The first-order chi connectivity index (χ1) is 11.9. The number of rotatable bonds is 6. The average molecular weight is 366 g/mol. The average Bonchev–Trinajstić information content (AvgIpc) is 2.60. The summed E-state index contributed by atoms with van der Waals surface area (Å²) in [6, 6.07) is 0.114. The molecule has 0 spiro atoms. The summed E-state index contributed by atoms with van der Waals surface area (Å²) in [4.78, 5) is 4.49. The number of aliphatic imine (C=N–C) groups is 1. The lowest BCUT2D eigenvalue weighted by Gasteiger charge is -2.31. The van der Waals surface area contributed by atoms with Crippen LogP contribution in [0, 0.1) is 11.8 Å². The fraction of sp³-hybridized carbons (Fsp3) is 0.737. The van der Waals surface area contributed by atoms with Crippen molar-refractivity contribution < 1.29 is 8.42 Å². The fourth-order valence-corrected chi connectivity index (χ4v) is 4.84. The van der Waals surface area contributed by atoms with E-state index in [1.54, 1.807) is 13.8 Å². The minimum atomic E-state index is -3.15. The Labute approximate surface area is 152 Å². The first-order valence-corrected chi connectivity index (χ1v) is 11.2. The van der Waals surface area contributed by atoms with E-state index in [9.17, 15) is 8.42 Å². The molecule has 0 saturated heterocycles. The van der Waals surface area contributed by atoms with Crippen molar-refractivity contribution in [1.29, 1.82) is 0 Å². The van der Waals surface area contributed by atoms with Crippen LogP contribution in [-0.4, -0.2) is 32.5 Å². The first kappa shape index (κ1) is 18.6. The molecule has 1 heterocycles. The Morgan fingerprint density at radius 1 is 1.16 bits per heavy atom. The molecule has 1 aliphatic heterocycles. The van der Waals surface area contributed by atoms with E-state index >= 15 is 0 Å². The zero-order chi connectivity index (χ0) is 17.9. The summed E-state index contributed by atoms with van der Waals surface area (Å²) < 4.78 is 26.8. The van der Waals surface area contributed by atoms with Gasteiger partial charge in [-0.05, 0) is 76.9 Å². The van der Waals surface area contributed by atoms with Crippen LogP contribution in [0.1, 0.15) is 58.8 Å². The van der Waals surface area contributed by atoms with E-state index in [2.05, 4.69) is 27.2 Å². The molecule has 6 heteroatoms. The molecule has 0 radical (unpaired) electrons. The molecule has 1 atom stereocenters. The smallest absolute Gasteiger partial charge is 0.214 e. The largest absolute Gasteiger partial charge is 0.388 e. The molecule has 1 fully saturated rings. The van der Waals surface area contributed by atoms with Gasteiger partial charge in [-0.15, -0.1) is 0 Å². The highest BCUT2D eigenvalue weighted by atomic mass is 32.2. The zero-order valence-corrected chi connectivity index (χ0v) is 16.2. The van der Waals surface area contributed by atoms with Gasteiger partial charge in [-0.25, -0.2) is 13.1 Å². The molecule has 0 aromatic carbocycles. The minimum absolute atomic E-state index is 0.114. The van der Waals surface area contributed by atoms with Crippen LogP contribution >= 0.6 is 0 Å². The maximum absolute atomic E-state index is 12.0. The molecule has 140 valence electrons. The predicted molar refractivity (Wildman–Crippen MR) is 103 cm³/mol. The molecule has 0 aromatic rings. The van der Waals surface area contributed by atoms with E-state index in [1.165, 1.54) is 17.8 Å². The molecule has 2 N–H and O–H groups in total. The Bertz CT molecular complexity index is 656. The number of nitrogens with zero attached hydrogens (tertiary/aromatic N) is 1. The normalized spacial score (nSPS) is 29.8. The Balaban J connectivity index is 1.42. The van der Waals surface area contributed by atoms with E-state index in [0.717, 1.165) is 45.1 Å². The molecule has 5 nitrogen and oxygen atoms in total. The lowest BCUT2D eigenvalue weighted by atomic mass is 9.85. The summed E-state index contributed by atoms with van der Waals surface area (Å²) in [6.45, 7) is 4.45. The third-order valence-corrected chi connectivity index (χ3v) is 7.54. The first-order valence-electron chi connectivity index (χ1n) is 9.62. The van der Waals surface area contributed by atoms with Crippen molar-refractivity contribution in [2.24, 2.45) is 16.8 Å². The van der Waals surface area contributed by atoms with Crippen molar-refractivity contribution in [1.82, 2.24) is 10.0 Å². The Morgan fingerprint density at radius 3 is 2.64 bits per heavy atom. The van der Waals surface area contributed by atoms with Crippen LogP contribution in [0.4, 0.5) is 0 Å². The predicted octanol–water partition coefficient (Wildman–Crippen LogP) is 3.11. The van der Waals surface area contributed by atoms with Crippen LogP contribution in [0.25, 0.3) is 0 Å². The third kappa shape index (κ3) is 4.94. The van der Waals surface area contributed by atoms with Gasteiger partial charge < -0.3 is 5.32 Å². The van der Waals surface area contributed by atoms with Gasteiger partial charge in [0.15, 0.2) is 0 Å². The fourth-order valence-electron chi connectivity index (χ4n) is 3.86. The molecule has 25 heavy (non-hydrogen) atoms. The Kier molecular flexibility index (Phi) is 6.00. The van der Waals surface area contributed by atoms with Crippen LogP contribution < -0.4 is 10.0 Å². The number of sulfonamides is 1. The summed E-state index contributed by atoms with van der Waals surface area (Å²) >= 11 is 0. The maximum Gasteiger partial charge on any atom is 0.214 e. The van der Waals surface area contributed by atoms with Crippen molar-refractivity contribution in [3.8, 4) is 0 Å². The van der Waals surface area contributed by atoms with Crippen molar-refractivity contribution in [2.45, 2.75) is 70.1 Å². The number of hydrogen-bond donors (Lipinski definition) is 2. The number of nitrogens with one attached hydrogen (secondary N) is 2. The summed E-state index contributed by atoms with van der Waals surface area (Å²) in [5.41, 5.74) is 2.56. The zero-order valence-electron chi connectivity index (χ0n) is 15.4.